The van der Waals surface area contributed by atoms with Crippen LogP contribution in [-0.2, 0) is 14.3 Å². The zero-order valence-electron chi connectivity index (χ0n) is 19.0. The number of nitrogens with one attached hydrogen (secondary N) is 2. The maximum atomic E-state index is 12.7. The summed E-state index contributed by atoms with van der Waals surface area (Å²) >= 11 is 1.56. The number of rotatable bonds is 10. The fourth-order valence-electron chi connectivity index (χ4n) is 3.95. The molecule has 2 unspecified atom stereocenters. The lowest BCUT2D eigenvalue weighted by molar-refractivity contribution is -0.142. The predicted octanol–water partition coefficient (Wildman–Crippen LogP) is 3.87. The SMILES string of the molecule is CSCC[C@@H](NC(=O)OCC1c2ccccc2-c2ccccc21)C(=O)NC(C)C(C)C(=O)O. The van der Waals surface area contributed by atoms with Crippen molar-refractivity contribution in [2.24, 2.45) is 5.92 Å². The molecule has 3 rings (SSSR count). The van der Waals surface area contributed by atoms with Gasteiger partial charge in [-0.3, -0.25) is 9.59 Å². The Morgan fingerprint density at radius 3 is 2.12 bits per heavy atom. The van der Waals surface area contributed by atoms with Crippen molar-refractivity contribution in [3.63, 3.8) is 0 Å². The fourth-order valence-corrected chi connectivity index (χ4v) is 4.42. The van der Waals surface area contributed by atoms with Gasteiger partial charge in [-0.25, -0.2) is 4.79 Å². The first-order valence-electron chi connectivity index (χ1n) is 11.0. The molecule has 0 saturated carbocycles. The van der Waals surface area contributed by atoms with Crippen LogP contribution in [0.25, 0.3) is 11.1 Å². The van der Waals surface area contributed by atoms with Crippen molar-refractivity contribution in [3.8, 4) is 11.1 Å². The Balaban J connectivity index is 1.64. The summed E-state index contributed by atoms with van der Waals surface area (Å²) in [7, 11) is 0. The molecule has 176 valence electrons. The lowest BCUT2D eigenvalue weighted by Gasteiger charge is -2.23. The third-order valence-electron chi connectivity index (χ3n) is 6.07. The molecule has 3 atom stereocenters. The number of hydrogen-bond donors (Lipinski definition) is 3. The highest BCUT2D eigenvalue weighted by atomic mass is 32.2. The van der Waals surface area contributed by atoms with E-state index in [1.807, 2.05) is 42.7 Å². The van der Waals surface area contributed by atoms with Crippen LogP contribution < -0.4 is 10.6 Å². The van der Waals surface area contributed by atoms with Gasteiger partial charge in [0.2, 0.25) is 5.91 Å². The fraction of sp³-hybridized carbons (Fsp3) is 0.400. The number of ether oxygens (including phenoxy) is 1. The number of carbonyl (C=O) groups excluding carboxylic acids is 2. The van der Waals surface area contributed by atoms with E-state index in [9.17, 15) is 14.4 Å². The van der Waals surface area contributed by atoms with Gasteiger partial charge in [0.15, 0.2) is 0 Å². The van der Waals surface area contributed by atoms with E-state index < -0.39 is 36.0 Å². The van der Waals surface area contributed by atoms with Gasteiger partial charge in [0.25, 0.3) is 0 Å². The smallest absolute Gasteiger partial charge is 0.407 e. The molecule has 0 saturated heterocycles. The highest BCUT2D eigenvalue weighted by molar-refractivity contribution is 7.98. The van der Waals surface area contributed by atoms with Gasteiger partial charge in [-0.2, -0.15) is 11.8 Å². The average molecular weight is 471 g/mol. The molecule has 1 aliphatic rings. The number of carboxylic acid groups (broad SMARTS) is 1. The van der Waals surface area contributed by atoms with Crippen molar-refractivity contribution in [1.29, 1.82) is 0 Å². The van der Waals surface area contributed by atoms with Crippen molar-refractivity contribution in [3.05, 3.63) is 59.7 Å². The molecule has 2 aromatic rings. The normalized spacial score (nSPS) is 15.0. The number of hydrogen-bond acceptors (Lipinski definition) is 5. The lowest BCUT2D eigenvalue weighted by atomic mass is 9.98. The summed E-state index contributed by atoms with van der Waals surface area (Å²) in [4.78, 5) is 36.5. The Kier molecular flexibility index (Phi) is 8.38. The van der Waals surface area contributed by atoms with E-state index in [-0.39, 0.29) is 12.5 Å². The molecule has 2 amide bonds. The summed E-state index contributed by atoms with van der Waals surface area (Å²) in [5.74, 6) is -1.57. The number of benzene rings is 2. The number of amides is 2. The zero-order valence-corrected chi connectivity index (χ0v) is 19.9. The molecule has 0 heterocycles. The first-order chi connectivity index (χ1) is 15.8. The van der Waals surface area contributed by atoms with Crippen molar-refractivity contribution in [1.82, 2.24) is 10.6 Å². The van der Waals surface area contributed by atoms with Crippen LogP contribution in [0.2, 0.25) is 0 Å². The summed E-state index contributed by atoms with van der Waals surface area (Å²) in [5.41, 5.74) is 4.50. The summed E-state index contributed by atoms with van der Waals surface area (Å²) in [6.45, 7) is 3.32. The van der Waals surface area contributed by atoms with Crippen LogP contribution in [0.4, 0.5) is 4.79 Å². The first kappa shape index (κ1) is 24.6. The quantitative estimate of drug-likeness (QED) is 0.487. The van der Waals surface area contributed by atoms with Crippen LogP contribution in [0.5, 0.6) is 0 Å². The molecule has 2 aromatic carbocycles. The van der Waals surface area contributed by atoms with Gasteiger partial charge in [0, 0.05) is 12.0 Å². The standard InChI is InChI=1S/C25H30N2O5S/c1-15(24(29)30)16(2)26-23(28)22(12-13-33-3)27-25(31)32-14-21-19-10-6-4-8-17(19)18-9-5-7-11-20(18)21/h4-11,15-16,21-22H,12-14H2,1-3H3,(H,26,28)(H,27,31)(H,29,30)/t15?,16?,22-/m1/s1. The van der Waals surface area contributed by atoms with E-state index in [0.717, 1.165) is 22.3 Å². The molecule has 3 N–H and O–H groups in total. The summed E-state index contributed by atoms with van der Waals surface area (Å²) in [5, 5.41) is 14.5. The van der Waals surface area contributed by atoms with Crippen LogP contribution >= 0.6 is 11.8 Å². The molecule has 0 fully saturated rings. The van der Waals surface area contributed by atoms with Crippen LogP contribution in [-0.4, -0.2) is 53.8 Å². The second-order valence-corrected chi connectivity index (χ2v) is 9.21. The van der Waals surface area contributed by atoms with E-state index >= 15 is 0 Å². The number of alkyl carbamates (subject to hydrolysis) is 1. The molecule has 0 bridgehead atoms. The molecule has 0 aliphatic heterocycles. The Morgan fingerprint density at radius 1 is 1.00 bits per heavy atom. The minimum atomic E-state index is -0.993. The maximum absolute atomic E-state index is 12.7. The van der Waals surface area contributed by atoms with E-state index in [0.29, 0.717) is 12.2 Å². The lowest BCUT2D eigenvalue weighted by Crippen LogP contribution is -2.51. The van der Waals surface area contributed by atoms with Gasteiger partial charge in [-0.1, -0.05) is 48.5 Å². The van der Waals surface area contributed by atoms with E-state index in [1.54, 1.807) is 18.7 Å². The Labute approximate surface area is 198 Å². The monoisotopic (exact) mass is 470 g/mol. The number of aliphatic carboxylic acids is 1. The molecule has 0 radical (unpaired) electrons. The Hall–Kier alpha value is -3.00. The van der Waals surface area contributed by atoms with Gasteiger partial charge in [-0.15, -0.1) is 0 Å². The molecule has 0 spiro atoms. The highest BCUT2D eigenvalue weighted by Crippen LogP contribution is 2.44. The summed E-state index contributed by atoms with van der Waals surface area (Å²) < 4.78 is 5.56. The molecule has 33 heavy (non-hydrogen) atoms. The third-order valence-corrected chi connectivity index (χ3v) is 6.72. The topological polar surface area (TPSA) is 105 Å². The van der Waals surface area contributed by atoms with Gasteiger partial charge in [-0.05, 0) is 54.5 Å². The zero-order chi connectivity index (χ0) is 24.0. The van der Waals surface area contributed by atoms with Gasteiger partial charge < -0.3 is 20.5 Å². The molecular formula is C25H30N2O5S. The Morgan fingerprint density at radius 2 is 1.58 bits per heavy atom. The van der Waals surface area contributed by atoms with Crippen LogP contribution in [0.1, 0.15) is 37.3 Å². The van der Waals surface area contributed by atoms with Crippen molar-refractivity contribution in [2.75, 3.05) is 18.6 Å². The average Bonchev–Trinajstić information content (AvgIpc) is 3.13. The molecule has 1 aliphatic carbocycles. The van der Waals surface area contributed by atoms with Crippen LogP contribution in [0.3, 0.4) is 0 Å². The third kappa shape index (κ3) is 5.87. The number of carbonyl (C=O) groups is 3. The van der Waals surface area contributed by atoms with Crippen LogP contribution in [0, 0.1) is 5.92 Å². The van der Waals surface area contributed by atoms with Gasteiger partial charge in [0.1, 0.15) is 12.6 Å². The minimum absolute atomic E-state index is 0.0712. The maximum Gasteiger partial charge on any atom is 0.407 e. The second-order valence-electron chi connectivity index (χ2n) is 8.23. The molecule has 0 aromatic heterocycles. The van der Waals surface area contributed by atoms with E-state index in [2.05, 4.69) is 22.8 Å². The Bertz CT molecular complexity index is 966. The van der Waals surface area contributed by atoms with Gasteiger partial charge >= 0.3 is 12.1 Å². The predicted molar refractivity (Wildman–Crippen MR) is 129 cm³/mol. The number of thioether (sulfide) groups is 1. The molecule has 7 nitrogen and oxygen atoms in total. The van der Waals surface area contributed by atoms with Gasteiger partial charge in [0.05, 0.1) is 5.92 Å². The first-order valence-corrected chi connectivity index (χ1v) is 12.4. The number of fused-ring (bicyclic) bond motifs is 3. The molecular weight excluding hydrogens is 440 g/mol. The van der Waals surface area contributed by atoms with Crippen molar-refractivity contribution < 1.29 is 24.2 Å². The second kappa shape index (κ2) is 11.2. The highest BCUT2D eigenvalue weighted by Gasteiger charge is 2.30. The van der Waals surface area contributed by atoms with Crippen molar-refractivity contribution in [2.45, 2.75) is 38.3 Å². The van der Waals surface area contributed by atoms with Crippen LogP contribution in [0.15, 0.2) is 48.5 Å². The summed E-state index contributed by atoms with van der Waals surface area (Å²) in [6, 6.07) is 14.8. The van der Waals surface area contributed by atoms with E-state index in [1.165, 1.54) is 6.92 Å². The minimum Gasteiger partial charge on any atom is -0.481 e. The molecule has 8 heteroatoms. The van der Waals surface area contributed by atoms with Crippen molar-refractivity contribution >= 4 is 29.7 Å². The summed E-state index contributed by atoms with van der Waals surface area (Å²) in [6.07, 6.45) is 1.65. The number of carboxylic acids is 1. The van der Waals surface area contributed by atoms with E-state index in [4.69, 9.17) is 9.84 Å². The largest absolute Gasteiger partial charge is 0.481 e.